The number of phenols is 1. The van der Waals surface area contributed by atoms with Crippen LogP contribution in [0.2, 0.25) is 0 Å². The van der Waals surface area contributed by atoms with Crippen LogP contribution in [0.4, 0.5) is 0 Å². The lowest BCUT2D eigenvalue weighted by molar-refractivity contribution is 0.474. The van der Waals surface area contributed by atoms with Crippen molar-refractivity contribution in [2.75, 3.05) is 0 Å². The summed E-state index contributed by atoms with van der Waals surface area (Å²) in [5, 5.41) is 13.6. The average molecular weight is 186 g/mol. The van der Waals surface area contributed by atoms with E-state index in [0.29, 0.717) is 5.56 Å². The molecule has 1 N–H and O–H groups in total. The molecule has 0 aliphatic rings. The van der Waals surface area contributed by atoms with Crippen molar-refractivity contribution in [3.8, 4) is 5.75 Å². The zero-order valence-corrected chi connectivity index (χ0v) is 7.54. The van der Waals surface area contributed by atoms with Gasteiger partial charge in [0, 0.05) is 18.0 Å². The van der Waals surface area contributed by atoms with Crippen molar-refractivity contribution in [1.29, 1.82) is 0 Å². The zero-order valence-electron chi connectivity index (χ0n) is 7.54. The van der Waals surface area contributed by atoms with E-state index in [4.69, 9.17) is 0 Å². The van der Waals surface area contributed by atoms with Crippen LogP contribution in [0, 0.1) is 0 Å². The van der Waals surface area contributed by atoms with Crippen molar-refractivity contribution in [3.05, 3.63) is 54.4 Å². The standard InChI is InChI=1S/C11H10N2O/c14-11-6-2-1-5-10(11)9-12-13-7-3-4-8-13/h1-9,14H. The van der Waals surface area contributed by atoms with Gasteiger partial charge in [0.2, 0.25) is 0 Å². The van der Waals surface area contributed by atoms with Crippen LogP contribution in [0.3, 0.4) is 0 Å². The largest absolute Gasteiger partial charge is 0.507 e. The predicted octanol–water partition coefficient (Wildman–Crippen LogP) is 2.08. The van der Waals surface area contributed by atoms with E-state index in [2.05, 4.69) is 5.10 Å². The van der Waals surface area contributed by atoms with Crippen molar-refractivity contribution < 1.29 is 5.11 Å². The first-order valence-electron chi connectivity index (χ1n) is 4.31. The molecule has 1 aromatic heterocycles. The molecule has 1 aromatic carbocycles. The maximum Gasteiger partial charge on any atom is 0.124 e. The van der Waals surface area contributed by atoms with Gasteiger partial charge in [0.1, 0.15) is 5.75 Å². The van der Waals surface area contributed by atoms with E-state index in [1.54, 1.807) is 23.0 Å². The highest BCUT2D eigenvalue weighted by atomic mass is 16.3. The van der Waals surface area contributed by atoms with E-state index in [9.17, 15) is 5.11 Å². The minimum atomic E-state index is 0.239. The molecule has 2 rings (SSSR count). The van der Waals surface area contributed by atoms with Gasteiger partial charge in [-0.2, -0.15) is 5.10 Å². The molecule has 0 aliphatic carbocycles. The molecule has 70 valence electrons. The van der Waals surface area contributed by atoms with Gasteiger partial charge in [0.15, 0.2) is 0 Å². The summed E-state index contributed by atoms with van der Waals surface area (Å²) < 4.78 is 1.67. The third-order valence-electron chi connectivity index (χ3n) is 1.86. The molecule has 0 spiro atoms. The monoisotopic (exact) mass is 186 g/mol. The summed E-state index contributed by atoms with van der Waals surface area (Å²) >= 11 is 0. The van der Waals surface area contributed by atoms with E-state index in [1.165, 1.54) is 0 Å². The number of hydrogen-bond donors (Lipinski definition) is 1. The summed E-state index contributed by atoms with van der Waals surface area (Å²) in [5.41, 5.74) is 0.709. The first kappa shape index (κ1) is 8.56. The highest BCUT2D eigenvalue weighted by molar-refractivity contribution is 5.83. The smallest absolute Gasteiger partial charge is 0.124 e. The number of para-hydroxylation sites is 1. The van der Waals surface area contributed by atoms with Crippen LogP contribution < -0.4 is 0 Å². The molecule has 0 atom stereocenters. The second-order valence-electron chi connectivity index (χ2n) is 2.87. The Morgan fingerprint density at radius 1 is 1.07 bits per heavy atom. The van der Waals surface area contributed by atoms with E-state index < -0.39 is 0 Å². The first-order chi connectivity index (χ1) is 6.86. The Bertz CT molecular complexity index is 432. The van der Waals surface area contributed by atoms with Gasteiger partial charge in [-0.15, -0.1) is 0 Å². The number of nitrogens with zero attached hydrogens (tertiary/aromatic N) is 2. The lowest BCUT2D eigenvalue weighted by Gasteiger charge is -1.96. The van der Waals surface area contributed by atoms with Crippen molar-refractivity contribution >= 4 is 6.21 Å². The highest BCUT2D eigenvalue weighted by Crippen LogP contribution is 2.12. The topological polar surface area (TPSA) is 37.5 Å². The molecule has 2 aromatic rings. The SMILES string of the molecule is Oc1ccccc1C=Nn1cccc1. The summed E-state index contributed by atoms with van der Waals surface area (Å²) in [4.78, 5) is 0. The molecule has 0 amide bonds. The van der Waals surface area contributed by atoms with E-state index >= 15 is 0 Å². The Kier molecular flexibility index (Phi) is 2.32. The van der Waals surface area contributed by atoms with Gasteiger partial charge in [-0.1, -0.05) is 12.1 Å². The summed E-state index contributed by atoms with van der Waals surface area (Å²) in [6.45, 7) is 0. The van der Waals surface area contributed by atoms with Crippen molar-refractivity contribution in [2.24, 2.45) is 5.10 Å². The van der Waals surface area contributed by atoms with E-state index in [0.717, 1.165) is 0 Å². The van der Waals surface area contributed by atoms with E-state index in [1.807, 2.05) is 36.7 Å². The first-order valence-corrected chi connectivity index (χ1v) is 4.31. The third-order valence-corrected chi connectivity index (χ3v) is 1.86. The van der Waals surface area contributed by atoms with E-state index in [-0.39, 0.29) is 5.75 Å². The van der Waals surface area contributed by atoms with Crippen LogP contribution in [-0.4, -0.2) is 16.0 Å². The second kappa shape index (κ2) is 3.79. The average Bonchev–Trinajstić information content (AvgIpc) is 2.69. The van der Waals surface area contributed by atoms with Gasteiger partial charge in [0.25, 0.3) is 0 Å². The molecule has 1 heterocycles. The maximum atomic E-state index is 9.44. The number of hydrogen-bond acceptors (Lipinski definition) is 2. The van der Waals surface area contributed by atoms with Crippen LogP contribution in [0.15, 0.2) is 53.9 Å². The number of phenolic OH excluding ortho intramolecular Hbond substituents is 1. The predicted molar refractivity (Wildman–Crippen MR) is 55.5 cm³/mol. The van der Waals surface area contributed by atoms with Gasteiger partial charge in [0.05, 0.1) is 6.21 Å². The third kappa shape index (κ3) is 1.82. The minimum absolute atomic E-state index is 0.239. The molecule has 0 radical (unpaired) electrons. The second-order valence-corrected chi connectivity index (χ2v) is 2.87. The highest BCUT2D eigenvalue weighted by Gasteiger charge is 1.93. The molecular formula is C11H10N2O. The quantitative estimate of drug-likeness (QED) is 0.716. The number of benzene rings is 1. The minimum Gasteiger partial charge on any atom is -0.507 e. The molecule has 0 bridgehead atoms. The molecule has 0 aliphatic heterocycles. The normalized spacial score (nSPS) is 10.9. The van der Waals surface area contributed by atoms with Gasteiger partial charge >= 0.3 is 0 Å². The molecule has 0 unspecified atom stereocenters. The lowest BCUT2D eigenvalue weighted by atomic mass is 10.2. The maximum absolute atomic E-state index is 9.44. The van der Waals surface area contributed by atoms with Crippen molar-refractivity contribution in [3.63, 3.8) is 0 Å². The van der Waals surface area contributed by atoms with Crippen molar-refractivity contribution in [2.45, 2.75) is 0 Å². The Balaban J connectivity index is 2.23. The molecule has 3 nitrogen and oxygen atoms in total. The van der Waals surface area contributed by atoms with Gasteiger partial charge in [-0.25, -0.2) is 4.68 Å². The Hall–Kier alpha value is -2.03. The summed E-state index contributed by atoms with van der Waals surface area (Å²) in [6.07, 6.45) is 5.28. The molecule has 0 saturated heterocycles. The molecular weight excluding hydrogens is 176 g/mol. The Morgan fingerprint density at radius 3 is 2.50 bits per heavy atom. The fourth-order valence-electron chi connectivity index (χ4n) is 1.13. The van der Waals surface area contributed by atoms with Crippen LogP contribution >= 0.6 is 0 Å². The zero-order chi connectivity index (χ0) is 9.80. The van der Waals surface area contributed by atoms with Crippen LogP contribution in [0.25, 0.3) is 0 Å². The summed E-state index contributed by atoms with van der Waals surface area (Å²) in [5.74, 6) is 0.239. The summed E-state index contributed by atoms with van der Waals surface area (Å²) in [6, 6.07) is 10.9. The lowest BCUT2D eigenvalue weighted by Crippen LogP contribution is -1.86. The van der Waals surface area contributed by atoms with Gasteiger partial charge in [-0.3, -0.25) is 0 Å². The fourth-order valence-corrected chi connectivity index (χ4v) is 1.13. The Morgan fingerprint density at radius 2 is 1.79 bits per heavy atom. The molecule has 0 saturated carbocycles. The molecule has 3 heteroatoms. The van der Waals surface area contributed by atoms with Gasteiger partial charge in [-0.05, 0) is 24.3 Å². The van der Waals surface area contributed by atoms with Crippen LogP contribution in [0.1, 0.15) is 5.56 Å². The number of rotatable bonds is 2. The number of aromatic hydroxyl groups is 1. The van der Waals surface area contributed by atoms with Gasteiger partial charge < -0.3 is 5.11 Å². The summed E-state index contributed by atoms with van der Waals surface area (Å²) in [7, 11) is 0. The fraction of sp³-hybridized carbons (Fsp3) is 0. The molecule has 14 heavy (non-hydrogen) atoms. The van der Waals surface area contributed by atoms with Crippen LogP contribution in [0.5, 0.6) is 5.75 Å². The van der Waals surface area contributed by atoms with Crippen LogP contribution in [-0.2, 0) is 0 Å². The number of aromatic nitrogens is 1. The molecule has 0 fully saturated rings. The Labute approximate surface area is 81.9 Å². The van der Waals surface area contributed by atoms with Crippen molar-refractivity contribution in [1.82, 2.24) is 4.68 Å².